The third-order valence-electron chi connectivity index (χ3n) is 7.21. The first-order chi connectivity index (χ1) is 14.8. The molecule has 0 aromatic heterocycles. The van der Waals surface area contributed by atoms with E-state index in [1.54, 1.807) is 0 Å². The summed E-state index contributed by atoms with van der Waals surface area (Å²) in [5.74, 6) is 0.917. The van der Waals surface area contributed by atoms with Crippen molar-refractivity contribution in [2.45, 2.75) is 110 Å². The van der Waals surface area contributed by atoms with Crippen molar-refractivity contribution >= 4 is 17.3 Å². The summed E-state index contributed by atoms with van der Waals surface area (Å²) in [5.41, 5.74) is 4.08. The standard InChI is InChI=1S/C27H43NO3S/c1-19-8-10-22-21(16-19)17-27(23(22)18-28-32(30)26(5,6)7)14-12-20(13-15-27)9-11-24(29)31-25(2,3)4/h8,10,16,20,23,28H,9,11-15,17-18H2,1-7H3/t20?,23-,27?,32+/m0/s1. The Morgan fingerprint density at radius 2 is 1.84 bits per heavy atom. The number of fused-ring (bicyclic) bond motifs is 1. The number of aryl methyl sites for hydroxylation is 1. The maximum absolute atomic E-state index is 12.7. The summed E-state index contributed by atoms with van der Waals surface area (Å²) in [7, 11) is 0. The van der Waals surface area contributed by atoms with Crippen molar-refractivity contribution < 1.29 is 14.1 Å². The molecule has 1 aromatic carbocycles. The molecule has 2 aliphatic carbocycles. The fourth-order valence-electron chi connectivity index (χ4n) is 5.54. The molecule has 1 saturated carbocycles. The second-order valence-corrected chi connectivity index (χ2v) is 14.1. The van der Waals surface area contributed by atoms with Crippen molar-refractivity contribution in [3.63, 3.8) is 0 Å². The smallest absolute Gasteiger partial charge is 0.306 e. The summed E-state index contributed by atoms with van der Waals surface area (Å²) in [6.45, 7) is 14.8. The van der Waals surface area contributed by atoms with Gasteiger partial charge in [0.2, 0.25) is 0 Å². The summed E-state index contributed by atoms with van der Waals surface area (Å²) in [6.07, 6.45) is 7.24. The van der Waals surface area contributed by atoms with E-state index in [0.29, 0.717) is 18.3 Å². The van der Waals surface area contributed by atoms with Gasteiger partial charge in [-0.1, -0.05) is 23.8 Å². The average Bonchev–Trinajstić information content (AvgIpc) is 2.95. The highest BCUT2D eigenvalue weighted by molar-refractivity contribution is 7.90. The number of carbonyl (C=O) groups excluding carboxylic acids is 1. The zero-order chi connectivity index (χ0) is 23.7. The van der Waals surface area contributed by atoms with Gasteiger partial charge in [-0.15, -0.1) is 4.72 Å². The molecule has 1 spiro atoms. The summed E-state index contributed by atoms with van der Waals surface area (Å²) >= 11 is -1.06. The van der Waals surface area contributed by atoms with Crippen LogP contribution >= 0.6 is 0 Å². The molecule has 0 unspecified atom stereocenters. The molecular weight excluding hydrogens is 418 g/mol. The van der Waals surface area contributed by atoms with Crippen molar-refractivity contribution in [2.24, 2.45) is 11.3 Å². The lowest BCUT2D eigenvalue weighted by Gasteiger charge is -2.42. The number of hydrogen-bond donors (Lipinski definition) is 1. The van der Waals surface area contributed by atoms with Crippen LogP contribution in [0.5, 0.6) is 0 Å². The fraction of sp³-hybridized carbons (Fsp3) is 0.741. The molecule has 0 aliphatic heterocycles. The lowest BCUT2D eigenvalue weighted by molar-refractivity contribution is -0.155. The molecule has 0 amide bonds. The average molecular weight is 462 g/mol. The predicted molar refractivity (Wildman–Crippen MR) is 133 cm³/mol. The minimum absolute atomic E-state index is 0.0757. The molecule has 180 valence electrons. The summed E-state index contributed by atoms with van der Waals surface area (Å²) in [4.78, 5) is 12.2. The monoisotopic (exact) mass is 461 g/mol. The zero-order valence-corrected chi connectivity index (χ0v) is 22.0. The van der Waals surface area contributed by atoms with Crippen LogP contribution in [-0.2, 0) is 27.3 Å². The van der Waals surface area contributed by atoms with E-state index in [9.17, 15) is 9.35 Å². The Labute approximate surface area is 198 Å². The SMILES string of the molecule is Cc1ccc2c(c1)CC1(CCC(CCC(=O)OC(C)(C)C)CC1)[C@H]2CN[S@+]([O-])C(C)(C)C. The molecule has 0 heterocycles. The molecular formula is C27H43NO3S. The first-order valence-electron chi connectivity index (χ1n) is 12.3. The maximum atomic E-state index is 12.7. The van der Waals surface area contributed by atoms with Crippen LogP contribution in [0.3, 0.4) is 0 Å². The molecule has 4 nitrogen and oxygen atoms in total. The molecule has 0 radical (unpaired) electrons. The second-order valence-electron chi connectivity index (χ2n) is 12.1. The van der Waals surface area contributed by atoms with Gasteiger partial charge in [-0.05, 0) is 109 Å². The van der Waals surface area contributed by atoms with E-state index >= 15 is 0 Å². The number of rotatable bonds is 6. The Bertz CT molecular complexity index is 800. The quantitative estimate of drug-likeness (QED) is 0.418. The van der Waals surface area contributed by atoms with Gasteiger partial charge in [0, 0.05) is 30.2 Å². The zero-order valence-electron chi connectivity index (χ0n) is 21.2. The van der Waals surface area contributed by atoms with E-state index in [1.807, 2.05) is 41.5 Å². The van der Waals surface area contributed by atoms with Gasteiger partial charge in [0.1, 0.15) is 10.3 Å². The summed E-state index contributed by atoms with van der Waals surface area (Å²) in [6, 6.07) is 6.88. The normalized spacial score (nSPS) is 26.8. The number of hydrogen-bond acceptors (Lipinski definition) is 4. The molecule has 0 saturated heterocycles. The fourth-order valence-corrected chi connectivity index (χ4v) is 6.29. The van der Waals surface area contributed by atoms with E-state index < -0.39 is 17.0 Å². The molecule has 1 aromatic rings. The largest absolute Gasteiger partial charge is 0.598 e. The Hall–Kier alpha value is -1.04. The number of carbonyl (C=O) groups is 1. The highest BCUT2D eigenvalue weighted by Crippen LogP contribution is 2.56. The predicted octanol–water partition coefficient (Wildman–Crippen LogP) is 5.99. The third kappa shape index (κ3) is 6.30. The summed E-state index contributed by atoms with van der Waals surface area (Å²) < 4.78 is 21.3. The molecule has 5 heteroatoms. The van der Waals surface area contributed by atoms with E-state index in [-0.39, 0.29) is 16.1 Å². The van der Waals surface area contributed by atoms with E-state index in [1.165, 1.54) is 29.5 Å². The molecule has 2 aliphatic rings. The highest BCUT2D eigenvalue weighted by atomic mass is 32.2. The lowest BCUT2D eigenvalue weighted by atomic mass is 9.63. The van der Waals surface area contributed by atoms with Crippen LogP contribution in [0.15, 0.2) is 18.2 Å². The van der Waals surface area contributed by atoms with Gasteiger partial charge >= 0.3 is 5.97 Å². The third-order valence-corrected chi connectivity index (χ3v) is 8.75. The first-order valence-corrected chi connectivity index (χ1v) is 13.4. The van der Waals surface area contributed by atoms with Gasteiger partial charge in [-0.3, -0.25) is 4.79 Å². The van der Waals surface area contributed by atoms with E-state index in [0.717, 1.165) is 32.2 Å². The Morgan fingerprint density at radius 3 is 2.44 bits per heavy atom. The molecule has 32 heavy (non-hydrogen) atoms. The molecule has 2 atom stereocenters. The number of esters is 1. The van der Waals surface area contributed by atoms with Crippen LogP contribution < -0.4 is 4.72 Å². The van der Waals surface area contributed by atoms with Crippen LogP contribution in [0, 0.1) is 18.3 Å². The van der Waals surface area contributed by atoms with E-state index in [4.69, 9.17) is 4.74 Å². The second kappa shape index (κ2) is 9.68. The van der Waals surface area contributed by atoms with Crippen molar-refractivity contribution in [1.82, 2.24) is 4.72 Å². The van der Waals surface area contributed by atoms with Crippen molar-refractivity contribution in [1.29, 1.82) is 0 Å². The van der Waals surface area contributed by atoms with Gasteiger partial charge in [-0.25, -0.2) is 0 Å². The van der Waals surface area contributed by atoms with Gasteiger partial charge in [0.05, 0.1) is 0 Å². The number of benzene rings is 1. The Kier molecular flexibility index (Phi) is 7.73. The highest BCUT2D eigenvalue weighted by Gasteiger charge is 2.48. The van der Waals surface area contributed by atoms with Crippen molar-refractivity contribution in [2.75, 3.05) is 6.54 Å². The van der Waals surface area contributed by atoms with Gasteiger partial charge < -0.3 is 9.29 Å². The van der Waals surface area contributed by atoms with Crippen LogP contribution in [0.1, 0.15) is 103 Å². The number of ether oxygens (including phenoxy) is 1. The van der Waals surface area contributed by atoms with Crippen molar-refractivity contribution in [3.8, 4) is 0 Å². The van der Waals surface area contributed by atoms with E-state index in [2.05, 4.69) is 29.8 Å². The lowest BCUT2D eigenvalue weighted by Crippen LogP contribution is -2.44. The minimum atomic E-state index is -1.06. The summed E-state index contributed by atoms with van der Waals surface area (Å²) in [5, 5.41) is 0. The van der Waals surface area contributed by atoms with Crippen LogP contribution in [0.25, 0.3) is 0 Å². The van der Waals surface area contributed by atoms with Crippen LogP contribution in [0.4, 0.5) is 0 Å². The van der Waals surface area contributed by atoms with Crippen LogP contribution in [-0.4, -0.2) is 27.4 Å². The molecule has 0 bridgehead atoms. The number of nitrogens with one attached hydrogen (secondary N) is 1. The van der Waals surface area contributed by atoms with Gasteiger partial charge in [0.15, 0.2) is 0 Å². The van der Waals surface area contributed by atoms with Crippen LogP contribution in [0.2, 0.25) is 0 Å². The molecule has 1 N–H and O–H groups in total. The molecule has 3 rings (SSSR count). The first kappa shape index (κ1) is 25.6. The Morgan fingerprint density at radius 1 is 1.19 bits per heavy atom. The van der Waals surface area contributed by atoms with Gasteiger partial charge in [-0.2, -0.15) is 0 Å². The maximum Gasteiger partial charge on any atom is 0.306 e. The van der Waals surface area contributed by atoms with Gasteiger partial charge in [0.25, 0.3) is 0 Å². The molecule has 1 fully saturated rings. The minimum Gasteiger partial charge on any atom is -0.598 e. The van der Waals surface area contributed by atoms with Crippen molar-refractivity contribution in [3.05, 3.63) is 34.9 Å². The topological polar surface area (TPSA) is 61.4 Å². The Balaban J connectivity index is 1.65.